The Bertz CT molecular complexity index is 1190. The van der Waals surface area contributed by atoms with Gasteiger partial charge >= 0.3 is 0 Å². The lowest BCUT2D eigenvalue weighted by Gasteiger charge is -2.28. The molecule has 0 bridgehead atoms. The first-order chi connectivity index (χ1) is 14.9. The van der Waals surface area contributed by atoms with Crippen LogP contribution >= 0.6 is 0 Å². The smallest absolute Gasteiger partial charge is 0.238 e. The normalized spacial score (nSPS) is 14.8. The molecule has 10 heteroatoms. The molecule has 9 nitrogen and oxygen atoms in total. The second-order valence-corrected chi connectivity index (χ2v) is 9.74. The lowest BCUT2D eigenvalue weighted by molar-refractivity contribution is 0.122. The standard InChI is InChI=1S/C21H25N5O4S/c1-14(2)31(27,28)25-19-11-16(12-22-21(19)29-3)15-4-5-18-17(10-15)20(24-13-23-18)26-6-8-30-9-7-26/h4-5,10-14,25H,6-9H2,1-3H3. The van der Waals surface area contributed by atoms with Crippen LogP contribution in [-0.4, -0.2) is 62.0 Å². The Morgan fingerprint density at radius 2 is 1.87 bits per heavy atom. The van der Waals surface area contributed by atoms with E-state index in [4.69, 9.17) is 9.47 Å². The lowest BCUT2D eigenvalue weighted by Crippen LogP contribution is -2.36. The summed E-state index contributed by atoms with van der Waals surface area (Å²) in [5.74, 6) is 1.07. The Balaban J connectivity index is 1.77. The van der Waals surface area contributed by atoms with Gasteiger partial charge in [0.25, 0.3) is 0 Å². The number of anilines is 2. The van der Waals surface area contributed by atoms with Gasteiger partial charge in [0.15, 0.2) is 0 Å². The lowest BCUT2D eigenvalue weighted by atomic mass is 10.0. The third kappa shape index (κ3) is 4.40. The van der Waals surface area contributed by atoms with Crippen molar-refractivity contribution in [2.24, 2.45) is 0 Å². The zero-order chi connectivity index (χ0) is 22.0. The summed E-state index contributed by atoms with van der Waals surface area (Å²) in [5, 5.41) is 0.330. The average Bonchev–Trinajstić information content (AvgIpc) is 2.78. The van der Waals surface area contributed by atoms with Gasteiger partial charge in [0.1, 0.15) is 17.8 Å². The van der Waals surface area contributed by atoms with Gasteiger partial charge in [0.2, 0.25) is 15.9 Å². The minimum absolute atomic E-state index is 0.214. The number of morpholine rings is 1. The summed E-state index contributed by atoms with van der Waals surface area (Å²) in [5.41, 5.74) is 2.76. The summed E-state index contributed by atoms with van der Waals surface area (Å²) in [6, 6.07) is 7.59. The highest BCUT2D eigenvalue weighted by Gasteiger charge is 2.20. The van der Waals surface area contributed by atoms with Crippen LogP contribution in [0.15, 0.2) is 36.8 Å². The van der Waals surface area contributed by atoms with E-state index in [1.807, 2.05) is 18.2 Å². The topological polar surface area (TPSA) is 107 Å². The summed E-state index contributed by atoms with van der Waals surface area (Å²) in [6.45, 7) is 6.08. The number of fused-ring (bicyclic) bond motifs is 1. The van der Waals surface area contributed by atoms with Crippen molar-refractivity contribution in [3.63, 3.8) is 0 Å². The van der Waals surface area contributed by atoms with E-state index in [1.165, 1.54) is 7.11 Å². The number of methoxy groups -OCH3 is 1. The molecule has 1 fully saturated rings. The van der Waals surface area contributed by atoms with Gasteiger partial charge in [-0.1, -0.05) is 6.07 Å². The van der Waals surface area contributed by atoms with Gasteiger partial charge in [-0.25, -0.2) is 23.4 Å². The molecule has 1 aliphatic heterocycles. The van der Waals surface area contributed by atoms with Crippen molar-refractivity contribution in [2.45, 2.75) is 19.1 Å². The van der Waals surface area contributed by atoms with Crippen LogP contribution in [0.4, 0.5) is 11.5 Å². The van der Waals surface area contributed by atoms with E-state index >= 15 is 0 Å². The molecule has 31 heavy (non-hydrogen) atoms. The number of pyridine rings is 1. The monoisotopic (exact) mass is 443 g/mol. The van der Waals surface area contributed by atoms with E-state index in [1.54, 1.807) is 32.4 Å². The van der Waals surface area contributed by atoms with Crippen molar-refractivity contribution in [3.05, 3.63) is 36.8 Å². The molecule has 164 valence electrons. The zero-order valence-electron chi connectivity index (χ0n) is 17.7. The van der Waals surface area contributed by atoms with Gasteiger partial charge in [-0.3, -0.25) is 4.72 Å². The fraction of sp³-hybridized carbons (Fsp3) is 0.381. The first kappa shape index (κ1) is 21.3. The number of aromatic nitrogens is 3. The molecule has 1 saturated heterocycles. The van der Waals surface area contributed by atoms with Gasteiger partial charge in [-0.05, 0) is 37.6 Å². The van der Waals surface area contributed by atoms with E-state index in [0.29, 0.717) is 18.9 Å². The molecule has 4 rings (SSSR count). The summed E-state index contributed by atoms with van der Waals surface area (Å²) < 4.78 is 38.1. The number of sulfonamides is 1. The van der Waals surface area contributed by atoms with Crippen molar-refractivity contribution < 1.29 is 17.9 Å². The van der Waals surface area contributed by atoms with E-state index in [0.717, 1.165) is 40.9 Å². The number of hydrogen-bond donors (Lipinski definition) is 1. The summed E-state index contributed by atoms with van der Waals surface area (Å²) >= 11 is 0. The van der Waals surface area contributed by atoms with Gasteiger partial charge in [-0.15, -0.1) is 0 Å². The Hall–Kier alpha value is -2.98. The maximum atomic E-state index is 12.4. The van der Waals surface area contributed by atoms with Crippen LogP contribution in [-0.2, 0) is 14.8 Å². The maximum Gasteiger partial charge on any atom is 0.238 e. The summed E-state index contributed by atoms with van der Waals surface area (Å²) in [4.78, 5) is 15.4. The molecule has 0 saturated carbocycles. The third-order valence-electron chi connectivity index (χ3n) is 5.18. The molecule has 0 spiro atoms. The fourth-order valence-corrected chi connectivity index (χ4v) is 4.06. The molecular formula is C21H25N5O4S. The number of nitrogens with zero attached hydrogens (tertiary/aromatic N) is 4. The maximum absolute atomic E-state index is 12.4. The van der Waals surface area contributed by atoms with Crippen LogP contribution in [0.1, 0.15) is 13.8 Å². The molecule has 0 radical (unpaired) electrons. The van der Waals surface area contributed by atoms with Gasteiger partial charge in [0, 0.05) is 30.2 Å². The highest BCUT2D eigenvalue weighted by molar-refractivity contribution is 7.93. The number of benzene rings is 1. The number of ether oxygens (including phenoxy) is 2. The van der Waals surface area contributed by atoms with Crippen molar-refractivity contribution >= 4 is 32.4 Å². The van der Waals surface area contributed by atoms with Crippen LogP contribution in [0.25, 0.3) is 22.0 Å². The molecule has 0 amide bonds. The molecule has 3 heterocycles. The first-order valence-electron chi connectivity index (χ1n) is 10.0. The van der Waals surface area contributed by atoms with Gasteiger partial charge < -0.3 is 14.4 Å². The molecule has 0 aliphatic carbocycles. The quantitative estimate of drug-likeness (QED) is 0.620. The van der Waals surface area contributed by atoms with Gasteiger partial charge in [0.05, 0.1) is 31.1 Å². The molecule has 1 aliphatic rings. The van der Waals surface area contributed by atoms with E-state index in [-0.39, 0.29) is 5.88 Å². The Kier molecular flexibility index (Phi) is 5.92. The minimum atomic E-state index is -3.55. The van der Waals surface area contributed by atoms with Crippen molar-refractivity contribution in [1.29, 1.82) is 0 Å². The number of nitrogens with one attached hydrogen (secondary N) is 1. The van der Waals surface area contributed by atoms with Crippen LogP contribution < -0.4 is 14.4 Å². The predicted molar refractivity (Wildman–Crippen MR) is 120 cm³/mol. The van der Waals surface area contributed by atoms with E-state index in [9.17, 15) is 8.42 Å². The highest BCUT2D eigenvalue weighted by atomic mass is 32.2. The zero-order valence-corrected chi connectivity index (χ0v) is 18.5. The molecule has 0 unspecified atom stereocenters. The molecule has 3 aromatic rings. The second-order valence-electron chi connectivity index (χ2n) is 7.51. The van der Waals surface area contributed by atoms with Crippen molar-refractivity contribution in [1.82, 2.24) is 15.0 Å². The Morgan fingerprint density at radius 3 is 2.58 bits per heavy atom. The largest absolute Gasteiger partial charge is 0.480 e. The molecule has 1 aromatic carbocycles. The SMILES string of the molecule is COc1ncc(-c2ccc3ncnc(N4CCOCC4)c3c2)cc1NS(=O)(=O)C(C)C. The third-order valence-corrected chi connectivity index (χ3v) is 6.92. The first-order valence-corrected chi connectivity index (χ1v) is 11.6. The molecule has 2 aromatic heterocycles. The van der Waals surface area contributed by atoms with Crippen LogP contribution in [0.3, 0.4) is 0 Å². The van der Waals surface area contributed by atoms with Crippen molar-refractivity contribution in [2.75, 3.05) is 43.0 Å². The second kappa shape index (κ2) is 8.64. The highest BCUT2D eigenvalue weighted by Crippen LogP contribution is 2.32. The van der Waals surface area contributed by atoms with Crippen LogP contribution in [0, 0.1) is 0 Å². The predicted octanol–water partition coefficient (Wildman–Crippen LogP) is 2.69. The Labute approximate surface area is 181 Å². The number of rotatable bonds is 6. The minimum Gasteiger partial charge on any atom is -0.480 e. The average molecular weight is 444 g/mol. The van der Waals surface area contributed by atoms with Crippen LogP contribution in [0.2, 0.25) is 0 Å². The molecule has 1 N–H and O–H groups in total. The van der Waals surface area contributed by atoms with Crippen LogP contribution in [0.5, 0.6) is 5.88 Å². The van der Waals surface area contributed by atoms with Crippen molar-refractivity contribution in [3.8, 4) is 17.0 Å². The summed E-state index contributed by atoms with van der Waals surface area (Å²) in [7, 11) is -2.09. The summed E-state index contributed by atoms with van der Waals surface area (Å²) in [6.07, 6.45) is 3.23. The Morgan fingerprint density at radius 1 is 1.10 bits per heavy atom. The van der Waals surface area contributed by atoms with E-state index < -0.39 is 15.3 Å². The number of hydrogen-bond acceptors (Lipinski definition) is 8. The fourth-order valence-electron chi connectivity index (χ4n) is 3.37. The molecular weight excluding hydrogens is 418 g/mol. The van der Waals surface area contributed by atoms with Gasteiger partial charge in [-0.2, -0.15) is 0 Å². The molecule has 0 atom stereocenters. The van der Waals surface area contributed by atoms with E-state index in [2.05, 4.69) is 24.6 Å².